The van der Waals surface area contributed by atoms with Crippen LogP contribution in [-0.4, -0.2) is 34.7 Å². The summed E-state index contributed by atoms with van der Waals surface area (Å²) in [6, 6.07) is 0. The minimum atomic E-state index is -4.36. The molecule has 4 nitrogen and oxygen atoms in total. The Morgan fingerprint density at radius 2 is 2.24 bits per heavy atom. The second-order valence-electron chi connectivity index (χ2n) is 3.38. The number of Topliss-reactive ketones (excluding diaryl/α,β-unsaturated/α-hetero) is 1. The molecule has 1 rings (SSSR count). The highest BCUT2D eigenvalue weighted by atomic mass is 19.4. The lowest BCUT2D eigenvalue weighted by Gasteiger charge is -2.07. The molecule has 0 aromatic carbocycles. The Morgan fingerprint density at radius 1 is 1.53 bits per heavy atom. The van der Waals surface area contributed by atoms with Crippen LogP contribution >= 0.6 is 0 Å². The van der Waals surface area contributed by atoms with Crippen molar-refractivity contribution in [1.82, 2.24) is 9.55 Å². The summed E-state index contributed by atoms with van der Waals surface area (Å²) >= 11 is 0. The fourth-order valence-corrected chi connectivity index (χ4v) is 1.28. The van der Waals surface area contributed by atoms with Gasteiger partial charge in [0.15, 0.2) is 5.82 Å². The van der Waals surface area contributed by atoms with Crippen LogP contribution in [0.1, 0.15) is 24.0 Å². The molecular formula is C10H13F3N2O2. The van der Waals surface area contributed by atoms with E-state index < -0.39 is 12.8 Å². The number of aromatic nitrogens is 2. The minimum Gasteiger partial charge on any atom is -0.372 e. The Hall–Kier alpha value is -1.37. The molecule has 0 aliphatic heterocycles. The van der Waals surface area contributed by atoms with Crippen molar-refractivity contribution in [3.63, 3.8) is 0 Å². The normalized spacial score (nSPS) is 11.8. The van der Waals surface area contributed by atoms with Crippen LogP contribution in [0.3, 0.4) is 0 Å². The summed E-state index contributed by atoms with van der Waals surface area (Å²) in [6.45, 7) is 0.848. The molecule has 96 valence electrons. The van der Waals surface area contributed by atoms with Gasteiger partial charge in [0.25, 0.3) is 0 Å². The molecule has 7 heteroatoms. The molecule has 0 atom stereocenters. The van der Waals surface area contributed by atoms with Crippen molar-refractivity contribution in [2.75, 3.05) is 13.2 Å². The molecule has 0 fully saturated rings. The number of ether oxygens (including phenoxy) is 1. The highest BCUT2D eigenvalue weighted by Gasteiger charge is 2.27. The maximum Gasteiger partial charge on any atom is 0.411 e. The summed E-state index contributed by atoms with van der Waals surface area (Å²) < 4.78 is 41.2. The first-order valence-corrected chi connectivity index (χ1v) is 5.13. The van der Waals surface area contributed by atoms with E-state index in [1.165, 1.54) is 6.20 Å². The molecule has 0 unspecified atom stereocenters. The number of hydrogen-bond donors (Lipinski definition) is 0. The third-order valence-corrected chi connectivity index (χ3v) is 2.04. The van der Waals surface area contributed by atoms with E-state index in [9.17, 15) is 18.0 Å². The number of hydrogen-bond acceptors (Lipinski definition) is 3. The smallest absolute Gasteiger partial charge is 0.372 e. The SMILES string of the molecule is CCn1ccnc1C(=O)CCOCC(F)(F)F. The van der Waals surface area contributed by atoms with E-state index in [0.717, 1.165) is 0 Å². The van der Waals surface area contributed by atoms with Crippen LogP contribution in [0.25, 0.3) is 0 Å². The van der Waals surface area contributed by atoms with E-state index in [1.807, 2.05) is 6.92 Å². The van der Waals surface area contributed by atoms with Gasteiger partial charge in [-0.2, -0.15) is 13.2 Å². The first kappa shape index (κ1) is 13.7. The first-order chi connectivity index (χ1) is 7.94. The lowest BCUT2D eigenvalue weighted by Crippen LogP contribution is -2.19. The zero-order valence-corrected chi connectivity index (χ0v) is 9.33. The quantitative estimate of drug-likeness (QED) is 0.573. The number of ketones is 1. The Bertz CT molecular complexity index is 374. The van der Waals surface area contributed by atoms with Crippen LogP contribution in [0.5, 0.6) is 0 Å². The average molecular weight is 250 g/mol. The van der Waals surface area contributed by atoms with Crippen molar-refractivity contribution in [3.8, 4) is 0 Å². The zero-order valence-electron chi connectivity index (χ0n) is 9.33. The largest absolute Gasteiger partial charge is 0.411 e. The van der Waals surface area contributed by atoms with Gasteiger partial charge in [0.1, 0.15) is 6.61 Å². The van der Waals surface area contributed by atoms with Crippen molar-refractivity contribution in [2.45, 2.75) is 26.1 Å². The van der Waals surface area contributed by atoms with Crippen LogP contribution in [0.4, 0.5) is 13.2 Å². The van der Waals surface area contributed by atoms with Crippen molar-refractivity contribution >= 4 is 5.78 Å². The summed E-state index contributed by atoms with van der Waals surface area (Å²) in [5.74, 6) is -0.0675. The highest BCUT2D eigenvalue weighted by Crippen LogP contribution is 2.14. The van der Waals surface area contributed by atoms with E-state index in [2.05, 4.69) is 9.72 Å². The fourth-order valence-electron chi connectivity index (χ4n) is 1.28. The molecule has 0 radical (unpaired) electrons. The van der Waals surface area contributed by atoms with Gasteiger partial charge in [0.2, 0.25) is 5.78 Å². The van der Waals surface area contributed by atoms with Gasteiger partial charge in [0, 0.05) is 25.4 Å². The van der Waals surface area contributed by atoms with Crippen molar-refractivity contribution < 1.29 is 22.7 Å². The molecule has 1 aromatic rings. The average Bonchev–Trinajstić information content (AvgIpc) is 2.70. The number of halogens is 3. The van der Waals surface area contributed by atoms with Crippen LogP contribution in [0.2, 0.25) is 0 Å². The molecule has 0 amide bonds. The standard InChI is InChI=1S/C10H13F3N2O2/c1-2-15-5-4-14-9(15)8(16)3-6-17-7-10(11,12)13/h4-5H,2-3,6-7H2,1H3. The lowest BCUT2D eigenvalue weighted by atomic mass is 10.3. The van der Waals surface area contributed by atoms with Gasteiger partial charge in [-0.05, 0) is 6.92 Å². The molecule has 0 spiro atoms. The summed E-state index contributed by atoms with van der Waals surface area (Å²) in [7, 11) is 0. The highest BCUT2D eigenvalue weighted by molar-refractivity contribution is 5.92. The lowest BCUT2D eigenvalue weighted by molar-refractivity contribution is -0.173. The third-order valence-electron chi connectivity index (χ3n) is 2.04. The minimum absolute atomic E-state index is 0.104. The first-order valence-electron chi connectivity index (χ1n) is 5.13. The van der Waals surface area contributed by atoms with E-state index in [1.54, 1.807) is 10.8 Å². The predicted molar refractivity (Wildman–Crippen MR) is 53.7 cm³/mol. The number of imidazole rings is 1. The fraction of sp³-hybridized carbons (Fsp3) is 0.600. The summed E-state index contributed by atoms with van der Waals surface area (Å²) in [4.78, 5) is 15.4. The van der Waals surface area contributed by atoms with Gasteiger partial charge in [-0.3, -0.25) is 4.79 Å². The van der Waals surface area contributed by atoms with E-state index >= 15 is 0 Å². The van der Waals surface area contributed by atoms with Crippen molar-refractivity contribution in [1.29, 1.82) is 0 Å². The summed E-state index contributed by atoms with van der Waals surface area (Å²) in [5.41, 5.74) is 0. The molecule has 0 saturated heterocycles. The maximum absolute atomic E-state index is 11.7. The second-order valence-corrected chi connectivity index (χ2v) is 3.38. The second kappa shape index (κ2) is 5.81. The van der Waals surface area contributed by atoms with Crippen molar-refractivity contribution in [3.05, 3.63) is 18.2 Å². The van der Waals surface area contributed by atoms with Crippen LogP contribution in [0.15, 0.2) is 12.4 Å². The number of rotatable bonds is 6. The molecule has 0 aliphatic carbocycles. The molecule has 0 saturated carbocycles. The molecular weight excluding hydrogens is 237 g/mol. The Balaban J connectivity index is 2.36. The van der Waals surface area contributed by atoms with Gasteiger partial charge in [-0.25, -0.2) is 4.98 Å². The van der Waals surface area contributed by atoms with Crippen LogP contribution < -0.4 is 0 Å². The molecule has 0 aliphatic rings. The van der Waals surface area contributed by atoms with Gasteiger partial charge in [0.05, 0.1) is 6.61 Å². The topological polar surface area (TPSA) is 44.1 Å². The maximum atomic E-state index is 11.7. The number of aryl methyl sites for hydroxylation is 1. The molecule has 1 heterocycles. The number of carbonyl (C=O) groups is 1. The van der Waals surface area contributed by atoms with Gasteiger partial charge < -0.3 is 9.30 Å². The van der Waals surface area contributed by atoms with E-state index in [0.29, 0.717) is 6.54 Å². The van der Waals surface area contributed by atoms with Gasteiger partial charge >= 0.3 is 6.18 Å². The number of alkyl halides is 3. The van der Waals surface area contributed by atoms with Crippen LogP contribution in [0, 0.1) is 0 Å². The summed E-state index contributed by atoms with van der Waals surface area (Å²) in [6.07, 6.45) is -1.34. The van der Waals surface area contributed by atoms with Crippen LogP contribution in [-0.2, 0) is 11.3 Å². The number of carbonyl (C=O) groups excluding carboxylic acids is 1. The Kier molecular flexibility index (Phi) is 4.68. The number of nitrogens with zero attached hydrogens (tertiary/aromatic N) is 2. The predicted octanol–water partition coefficient (Wildman–Crippen LogP) is 2.05. The molecule has 0 N–H and O–H groups in total. The summed E-state index contributed by atoms with van der Waals surface area (Å²) in [5, 5.41) is 0. The van der Waals surface area contributed by atoms with Gasteiger partial charge in [-0.1, -0.05) is 0 Å². The Labute approximate surface area is 96.4 Å². The van der Waals surface area contributed by atoms with E-state index in [4.69, 9.17) is 0 Å². The Morgan fingerprint density at radius 3 is 2.82 bits per heavy atom. The molecule has 0 bridgehead atoms. The molecule has 1 aromatic heterocycles. The van der Waals surface area contributed by atoms with Crippen molar-refractivity contribution in [2.24, 2.45) is 0 Å². The van der Waals surface area contributed by atoms with E-state index in [-0.39, 0.29) is 24.6 Å². The molecule has 17 heavy (non-hydrogen) atoms. The van der Waals surface area contributed by atoms with Gasteiger partial charge in [-0.15, -0.1) is 0 Å². The third kappa shape index (κ3) is 4.56. The zero-order chi connectivity index (χ0) is 12.9. The monoisotopic (exact) mass is 250 g/mol.